The first-order valence-electron chi connectivity index (χ1n) is 10.9. The molecule has 4 rings (SSSR count). The van der Waals surface area contributed by atoms with Gasteiger partial charge in [-0.05, 0) is 55.0 Å². The quantitative estimate of drug-likeness (QED) is 0.521. The van der Waals surface area contributed by atoms with E-state index in [-0.39, 0.29) is 11.3 Å². The van der Waals surface area contributed by atoms with Crippen molar-refractivity contribution in [3.8, 4) is 5.75 Å². The van der Waals surface area contributed by atoms with Crippen molar-refractivity contribution in [1.82, 2.24) is 0 Å². The van der Waals surface area contributed by atoms with Gasteiger partial charge in [0.2, 0.25) is 0 Å². The fourth-order valence-corrected chi connectivity index (χ4v) is 4.33. The first-order chi connectivity index (χ1) is 16.4. The van der Waals surface area contributed by atoms with Gasteiger partial charge in [0.15, 0.2) is 0 Å². The molecule has 3 aromatic carbocycles. The predicted molar refractivity (Wildman–Crippen MR) is 135 cm³/mol. The van der Waals surface area contributed by atoms with Crippen molar-refractivity contribution in [2.75, 3.05) is 48.4 Å². The summed E-state index contributed by atoms with van der Waals surface area (Å²) in [5.74, 6) is -1.12. The number of carbonyl (C=O) groups is 2. The molecule has 1 aliphatic heterocycles. The number of carbonyl (C=O) groups excluding carboxylic acids is 1. The molecular formula is C26H26ClN3O4. The lowest BCUT2D eigenvalue weighted by Crippen LogP contribution is -2.46. The summed E-state index contributed by atoms with van der Waals surface area (Å²) >= 11 is 6.18. The highest BCUT2D eigenvalue weighted by Gasteiger charge is 2.22. The SMILES string of the molecule is COc1ccccc1C(=O)Nc1ccc(N2CCN(c3cc(Cl)ccc3C)CC2)cc1C(=O)O. The van der Waals surface area contributed by atoms with Crippen molar-refractivity contribution in [3.63, 3.8) is 0 Å². The number of halogens is 1. The van der Waals surface area contributed by atoms with Gasteiger partial charge in [-0.1, -0.05) is 29.8 Å². The van der Waals surface area contributed by atoms with E-state index in [9.17, 15) is 14.7 Å². The van der Waals surface area contributed by atoms with Crippen LogP contribution in [0.25, 0.3) is 0 Å². The summed E-state index contributed by atoms with van der Waals surface area (Å²) in [7, 11) is 1.48. The normalized spacial score (nSPS) is 13.5. The lowest BCUT2D eigenvalue weighted by atomic mass is 10.1. The number of carboxylic acids is 1. The largest absolute Gasteiger partial charge is 0.496 e. The van der Waals surface area contributed by atoms with E-state index in [1.807, 2.05) is 24.3 Å². The minimum Gasteiger partial charge on any atom is -0.496 e. The van der Waals surface area contributed by atoms with Gasteiger partial charge in [0.05, 0.1) is 23.9 Å². The van der Waals surface area contributed by atoms with Crippen LogP contribution in [0.5, 0.6) is 5.75 Å². The van der Waals surface area contributed by atoms with Gasteiger partial charge in [-0.25, -0.2) is 4.79 Å². The highest BCUT2D eigenvalue weighted by Crippen LogP contribution is 2.29. The number of piperazine rings is 1. The van der Waals surface area contributed by atoms with Gasteiger partial charge in [-0.15, -0.1) is 0 Å². The summed E-state index contributed by atoms with van der Waals surface area (Å²) in [6, 6.07) is 17.8. The van der Waals surface area contributed by atoms with Crippen LogP contribution in [0.3, 0.4) is 0 Å². The van der Waals surface area contributed by atoms with Crippen LogP contribution in [-0.4, -0.2) is 50.3 Å². The summed E-state index contributed by atoms with van der Waals surface area (Å²) < 4.78 is 5.24. The molecule has 3 aromatic rings. The van der Waals surface area contributed by atoms with E-state index in [1.54, 1.807) is 36.4 Å². The third-order valence-electron chi connectivity index (χ3n) is 5.99. The van der Waals surface area contributed by atoms with Crippen molar-refractivity contribution in [1.29, 1.82) is 0 Å². The summed E-state index contributed by atoms with van der Waals surface area (Å²) in [6.45, 7) is 5.11. The van der Waals surface area contributed by atoms with E-state index in [2.05, 4.69) is 22.0 Å². The molecule has 0 bridgehead atoms. The van der Waals surface area contributed by atoms with Crippen LogP contribution in [0.2, 0.25) is 5.02 Å². The summed E-state index contributed by atoms with van der Waals surface area (Å²) in [5.41, 5.74) is 3.69. The Morgan fingerprint density at radius 2 is 1.65 bits per heavy atom. The molecule has 8 heteroatoms. The number of methoxy groups -OCH3 is 1. The fraction of sp³-hybridized carbons (Fsp3) is 0.231. The Hall–Kier alpha value is -3.71. The number of para-hydroxylation sites is 1. The fourth-order valence-electron chi connectivity index (χ4n) is 4.17. The average Bonchev–Trinajstić information content (AvgIpc) is 2.85. The van der Waals surface area contributed by atoms with Crippen LogP contribution in [0.15, 0.2) is 60.7 Å². The molecule has 1 aliphatic rings. The van der Waals surface area contributed by atoms with Gasteiger partial charge >= 0.3 is 5.97 Å². The number of rotatable bonds is 6. The molecule has 1 heterocycles. The van der Waals surface area contributed by atoms with E-state index in [1.165, 1.54) is 12.7 Å². The Labute approximate surface area is 203 Å². The number of hydrogen-bond donors (Lipinski definition) is 2. The number of ether oxygens (including phenoxy) is 1. The molecule has 0 aromatic heterocycles. The molecule has 1 amide bonds. The number of nitrogens with one attached hydrogen (secondary N) is 1. The van der Waals surface area contributed by atoms with Crippen LogP contribution in [0.4, 0.5) is 17.1 Å². The third-order valence-corrected chi connectivity index (χ3v) is 6.23. The second-order valence-corrected chi connectivity index (χ2v) is 8.53. The number of aromatic carboxylic acids is 1. The molecule has 0 spiro atoms. The molecule has 0 aliphatic carbocycles. The summed E-state index contributed by atoms with van der Waals surface area (Å²) in [4.78, 5) is 29.2. The maximum Gasteiger partial charge on any atom is 0.337 e. The molecule has 0 atom stereocenters. The van der Waals surface area contributed by atoms with Gasteiger partial charge in [-0.2, -0.15) is 0 Å². The second-order valence-electron chi connectivity index (χ2n) is 8.09. The summed E-state index contributed by atoms with van der Waals surface area (Å²) in [6.07, 6.45) is 0. The molecule has 0 saturated carbocycles. The van der Waals surface area contributed by atoms with Gasteiger partial charge in [0.1, 0.15) is 5.75 Å². The van der Waals surface area contributed by atoms with Crippen molar-refractivity contribution in [2.24, 2.45) is 0 Å². The topological polar surface area (TPSA) is 82.1 Å². The van der Waals surface area contributed by atoms with E-state index < -0.39 is 11.9 Å². The molecule has 176 valence electrons. The molecule has 0 unspecified atom stereocenters. The lowest BCUT2D eigenvalue weighted by molar-refractivity contribution is 0.0698. The number of amides is 1. The van der Waals surface area contributed by atoms with Gasteiger partial charge in [-0.3, -0.25) is 4.79 Å². The Balaban J connectivity index is 1.50. The average molecular weight is 480 g/mol. The number of anilines is 3. The Morgan fingerprint density at radius 1 is 0.941 bits per heavy atom. The molecule has 7 nitrogen and oxygen atoms in total. The van der Waals surface area contributed by atoms with Crippen LogP contribution in [0.1, 0.15) is 26.3 Å². The Bertz CT molecular complexity index is 1220. The minimum atomic E-state index is -1.11. The zero-order chi connectivity index (χ0) is 24.2. The number of carboxylic acid groups (broad SMARTS) is 1. The number of nitrogens with zero attached hydrogens (tertiary/aromatic N) is 2. The predicted octanol–water partition coefficient (Wildman–Crippen LogP) is 4.93. The van der Waals surface area contributed by atoms with Crippen molar-refractivity contribution in [2.45, 2.75) is 6.92 Å². The highest BCUT2D eigenvalue weighted by atomic mass is 35.5. The number of hydrogen-bond acceptors (Lipinski definition) is 5. The summed E-state index contributed by atoms with van der Waals surface area (Å²) in [5, 5.41) is 13.2. The van der Waals surface area contributed by atoms with Gasteiger partial charge in [0, 0.05) is 42.6 Å². The zero-order valence-electron chi connectivity index (χ0n) is 19.0. The van der Waals surface area contributed by atoms with Crippen LogP contribution >= 0.6 is 11.6 Å². The minimum absolute atomic E-state index is 0.0360. The molecule has 1 saturated heterocycles. The molecule has 1 fully saturated rings. The first-order valence-corrected chi connectivity index (χ1v) is 11.3. The second kappa shape index (κ2) is 10.1. The van der Waals surface area contributed by atoms with Crippen LogP contribution < -0.4 is 19.9 Å². The van der Waals surface area contributed by atoms with E-state index >= 15 is 0 Å². The third kappa shape index (κ3) is 4.94. The molecule has 2 N–H and O–H groups in total. The number of aryl methyl sites for hydroxylation is 1. The zero-order valence-corrected chi connectivity index (χ0v) is 19.8. The molecule has 0 radical (unpaired) electrons. The van der Waals surface area contributed by atoms with E-state index in [4.69, 9.17) is 16.3 Å². The monoisotopic (exact) mass is 479 g/mol. The van der Waals surface area contributed by atoms with Crippen molar-refractivity contribution < 1.29 is 19.4 Å². The van der Waals surface area contributed by atoms with E-state index in [0.29, 0.717) is 16.3 Å². The number of benzene rings is 3. The van der Waals surface area contributed by atoms with Crippen molar-refractivity contribution in [3.05, 3.63) is 82.4 Å². The Kier molecular flexibility index (Phi) is 6.93. The van der Waals surface area contributed by atoms with Crippen LogP contribution in [0, 0.1) is 6.92 Å². The highest BCUT2D eigenvalue weighted by molar-refractivity contribution is 6.30. The van der Waals surface area contributed by atoms with Crippen molar-refractivity contribution >= 4 is 40.5 Å². The Morgan fingerprint density at radius 3 is 2.35 bits per heavy atom. The van der Waals surface area contributed by atoms with Gasteiger partial charge < -0.3 is 25.0 Å². The molecule has 34 heavy (non-hydrogen) atoms. The van der Waals surface area contributed by atoms with E-state index in [0.717, 1.165) is 37.6 Å². The standard InChI is InChI=1S/C26H26ClN3O4/c1-17-7-8-18(27)15-23(17)30-13-11-29(12-14-30)19-9-10-22(21(16-19)26(32)33)28-25(31)20-5-3-4-6-24(20)34-2/h3-10,15-16H,11-14H2,1-2H3,(H,28,31)(H,32,33). The van der Waals surface area contributed by atoms with Crippen LogP contribution in [-0.2, 0) is 0 Å². The maximum absolute atomic E-state index is 12.8. The first kappa shape index (κ1) is 23.4. The molecular weight excluding hydrogens is 454 g/mol. The maximum atomic E-state index is 12.8. The van der Waals surface area contributed by atoms with Gasteiger partial charge in [0.25, 0.3) is 5.91 Å². The lowest BCUT2D eigenvalue weighted by Gasteiger charge is -2.38. The smallest absolute Gasteiger partial charge is 0.337 e.